The van der Waals surface area contributed by atoms with Crippen molar-refractivity contribution in [1.82, 2.24) is 0 Å². The van der Waals surface area contributed by atoms with Crippen molar-refractivity contribution in [3.63, 3.8) is 0 Å². The van der Waals surface area contributed by atoms with Gasteiger partial charge >= 0.3 is 0 Å². The molecule has 0 amide bonds. The first-order chi connectivity index (χ1) is 10.1. The third-order valence-electron chi connectivity index (χ3n) is 3.81. The lowest BCUT2D eigenvalue weighted by Crippen LogP contribution is -2.08. The van der Waals surface area contributed by atoms with E-state index in [-0.39, 0.29) is 6.04 Å². The predicted molar refractivity (Wildman–Crippen MR) is 84.2 cm³/mol. The molecular formula is C17H17F2NS. The highest BCUT2D eigenvalue weighted by molar-refractivity contribution is 7.99. The van der Waals surface area contributed by atoms with E-state index in [1.165, 1.54) is 16.7 Å². The number of halogens is 2. The van der Waals surface area contributed by atoms with E-state index in [4.69, 9.17) is 0 Å². The number of aryl methyl sites for hydroxylation is 2. The first-order valence-corrected chi connectivity index (χ1v) is 7.91. The van der Waals surface area contributed by atoms with Gasteiger partial charge in [-0.3, -0.25) is 0 Å². The average Bonchev–Trinajstić information content (AvgIpc) is 2.83. The van der Waals surface area contributed by atoms with Crippen LogP contribution in [0.15, 0.2) is 47.4 Å². The van der Waals surface area contributed by atoms with E-state index in [9.17, 15) is 8.78 Å². The Morgan fingerprint density at radius 2 is 2.00 bits per heavy atom. The normalized spacial score (nSPS) is 17.0. The van der Waals surface area contributed by atoms with Crippen molar-refractivity contribution in [2.45, 2.75) is 36.5 Å². The summed E-state index contributed by atoms with van der Waals surface area (Å²) in [5.74, 6) is -2.40. The molecule has 0 radical (unpaired) electrons. The van der Waals surface area contributed by atoms with Gasteiger partial charge < -0.3 is 5.32 Å². The summed E-state index contributed by atoms with van der Waals surface area (Å²) < 4.78 is 25.3. The number of nitrogens with one attached hydrogen (secondary N) is 1. The Hall–Kier alpha value is -1.55. The number of fused-ring (bicyclic) bond motifs is 1. The molecule has 3 rings (SSSR count). The number of alkyl halides is 2. The van der Waals surface area contributed by atoms with Gasteiger partial charge in [-0.25, -0.2) is 0 Å². The van der Waals surface area contributed by atoms with Crippen molar-refractivity contribution < 1.29 is 8.78 Å². The Morgan fingerprint density at radius 1 is 1.19 bits per heavy atom. The summed E-state index contributed by atoms with van der Waals surface area (Å²) >= 11 is 0.597. The van der Waals surface area contributed by atoms with E-state index in [0.29, 0.717) is 16.7 Å². The maximum absolute atomic E-state index is 12.6. The van der Waals surface area contributed by atoms with Crippen molar-refractivity contribution in [2.75, 3.05) is 5.32 Å². The van der Waals surface area contributed by atoms with E-state index in [1.807, 2.05) is 12.1 Å². The van der Waals surface area contributed by atoms with Crippen LogP contribution in [-0.2, 0) is 6.42 Å². The molecule has 0 spiro atoms. The maximum atomic E-state index is 12.6. The van der Waals surface area contributed by atoms with E-state index in [1.54, 1.807) is 12.1 Å². The Bertz CT molecular complexity index is 642. The molecule has 2 aromatic rings. The lowest BCUT2D eigenvalue weighted by Gasteiger charge is -2.18. The monoisotopic (exact) mass is 305 g/mol. The minimum absolute atomic E-state index is 0.208. The van der Waals surface area contributed by atoms with Crippen molar-refractivity contribution >= 4 is 17.4 Å². The topological polar surface area (TPSA) is 12.0 Å². The van der Waals surface area contributed by atoms with Crippen LogP contribution in [0.1, 0.15) is 29.2 Å². The zero-order valence-electron chi connectivity index (χ0n) is 11.8. The molecule has 0 heterocycles. The van der Waals surface area contributed by atoms with E-state index in [0.717, 1.165) is 18.5 Å². The van der Waals surface area contributed by atoms with Gasteiger partial charge in [0.05, 0.1) is 6.04 Å². The Kier molecular flexibility index (Phi) is 4.15. The number of benzene rings is 2. The van der Waals surface area contributed by atoms with E-state index < -0.39 is 5.76 Å². The molecular weight excluding hydrogens is 288 g/mol. The fourth-order valence-corrected chi connectivity index (χ4v) is 3.45. The van der Waals surface area contributed by atoms with Gasteiger partial charge in [-0.15, -0.1) is 0 Å². The van der Waals surface area contributed by atoms with Crippen molar-refractivity contribution in [1.29, 1.82) is 0 Å². The molecule has 1 aliphatic carbocycles. The molecule has 21 heavy (non-hydrogen) atoms. The Morgan fingerprint density at radius 3 is 2.81 bits per heavy atom. The minimum Gasteiger partial charge on any atom is -0.377 e. The van der Waals surface area contributed by atoms with Crippen LogP contribution in [0.2, 0.25) is 0 Å². The molecule has 0 aliphatic heterocycles. The molecule has 1 nitrogen and oxygen atoms in total. The first kappa shape index (κ1) is 14.4. The molecule has 4 heteroatoms. The van der Waals surface area contributed by atoms with Gasteiger partial charge in [-0.1, -0.05) is 47.7 Å². The highest BCUT2D eigenvalue weighted by atomic mass is 32.2. The van der Waals surface area contributed by atoms with Crippen molar-refractivity contribution in [2.24, 2.45) is 0 Å². The van der Waals surface area contributed by atoms with Crippen molar-refractivity contribution in [3.05, 3.63) is 59.2 Å². The number of hydrogen-bond acceptors (Lipinski definition) is 2. The summed E-state index contributed by atoms with van der Waals surface area (Å²) in [6.45, 7) is 2.08. The number of para-hydroxylation sites is 1. The van der Waals surface area contributed by atoms with Crippen LogP contribution in [0, 0.1) is 6.92 Å². The van der Waals surface area contributed by atoms with Gasteiger partial charge in [0.25, 0.3) is 5.76 Å². The molecule has 1 atom stereocenters. The lowest BCUT2D eigenvalue weighted by atomic mass is 10.0. The third kappa shape index (κ3) is 3.21. The summed E-state index contributed by atoms with van der Waals surface area (Å²) in [6, 6.07) is 14.0. The van der Waals surface area contributed by atoms with Gasteiger partial charge in [0, 0.05) is 10.6 Å². The second-order valence-corrected chi connectivity index (χ2v) is 6.34. The summed E-state index contributed by atoms with van der Waals surface area (Å²) in [5.41, 5.74) is 4.68. The van der Waals surface area contributed by atoms with Crippen LogP contribution >= 0.6 is 11.8 Å². The van der Waals surface area contributed by atoms with Crippen LogP contribution in [0.4, 0.5) is 14.5 Å². The zero-order chi connectivity index (χ0) is 14.8. The first-order valence-electron chi connectivity index (χ1n) is 7.03. The second kappa shape index (κ2) is 6.06. The summed E-state index contributed by atoms with van der Waals surface area (Å²) in [7, 11) is 0. The quantitative estimate of drug-likeness (QED) is 0.758. The largest absolute Gasteiger partial charge is 0.377 e. The molecule has 0 bridgehead atoms. The van der Waals surface area contributed by atoms with Crippen molar-refractivity contribution in [3.8, 4) is 0 Å². The van der Waals surface area contributed by atoms with Gasteiger partial charge in [0.1, 0.15) is 0 Å². The smallest absolute Gasteiger partial charge is 0.288 e. The molecule has 1 unspecified atom stereocenters. The highest BCUT2D eigenvalue weighted by Gasteiger charge is 2.23. The number of anilines is 1. The molecule has 110 valence electrons. The van der Waals surface area contributed by atoms with Crippen LogP contribution in [0.25, 0.3) is 0 Å². The lowest BCUT2D eigenvalue weighted by molar-refractivity contribution is 0.252. The molecule has 1 aliphatic rings. The molecule has 0 fully saturated rings. The summed E-state index contributed by atoms with van der Waals surface area (Å²) in [6.07, 6.45) is 2.05. The average molecular weight is 305 g/mol. The van der Waals surface area contributed by atoms with Gasteiger partial charge in [0.15, 0.2) is 0 Å². The summed E-state index contributed by atoms with van der Waals surface area (Å²) in [5, 5.41) is 3.44. The van der Waals surface area contributed by atoms with E-state index >= 15 is 0 Å². The molecule has 0 saturated heterocycles. The molecule has 0 aromatic heterocycles. The Labute approximate surface area is 127 Å². The number of rotatable bonds is 4. The zero-order valence-corrected chi connectivity index (χ0v) is 12.6. The number of thioether (sulfide) groups is 1. The maximum Gasteiger partial charge on any atom is 0.288 e. The van der Waals surface area contributed by atoms with Gasteiger partial charge in [0.2, 0.25) is 0 Å². The SMILES string of the molecule is Cc1ccc2c(c1)C(Nc1ccccc1SC(F)F)CC2. The highest BCUT2D eigenvalue weighted by Crippen LogP contribution is 2.38. The fourth-order valence-electron chi connectivity index (χ4n) is 2.84. The Balaban J connectivity index is 1.85. The number of hydrogen-bond donors (Lipinski definition) is 1. The standard InChI is InChI=1S/C17H17F2NS/c1-11-6-7-12-8-9-14(13(12)10-11)20-15-4-2-3-5-16(15)21-17(18)19/h2-7,10,14,17,20H,8-9H2,1H3. The van der Waals surface area contributed by atoms with Gasteiger partial charge in [-0.2, -0.15) is 8.78 Å². The summed E-state index contributed by atoms with van der Waals surface area (Å²) in [4.78, 5) is 0.605. The van der Waals surface area contributed by atoms with E-state index in [2.05, 4.69) is 30.4 Å². The van der Waals surface area contributed by atoms with Crippen LogP contribution in [0.5, 0.6) is 0 Å². The second-order valence-electron chi connectivity index (χ2n) is 5.31. The fraction of sp³-hybridized carbons (Fsp3) is 0.294. The molecule has 1 N–H and O–H groups in total. The van der Waals surface area contributed by atoms with Crippen LogP contribution in [0.3, 0.4) is 0 Å². The predicted octanol–water partition coefficient (Wildman–Crippen LogP) is 5.41. The molecule has 0 saturated carbocycles. The van der Waals surface area contributed by atoms with Gasteiger partial charge in [-0.05, 0) is 43.0 Å². The molecule has 2 aromatic carbocycles. The third-order valence-corrected chi connectivity index (χ3v) is 4.60. The van der Waals surface area contributed by atoms with Crippen LogP contribution in [-0.4, -0.2) is 5.76 Å². The minimum atomic E-state index is -2.40. The van der Waals surface area contributed by atoms with Crippen LogP contribution < -0.4 is 5.32 Å².